The molecule has 0 saturated carbocycles. The Hall–Kier alpha value is -3.09. The normalized spacial score (nSPS) is 18.5. The Morgan fingerprint density at radius 2 is 2.12 bits per heavy atom. The quantitative estimate of drug-likeness (QED) is 0.921. The fourth-order valence-electron chi connectivity index (χ4n) is 3.09. The van der Waals surface area contributed by atoms with E-state index in [0.717, 1.165) is 5.56 Å². The van der Waals surface area contributed by atoms with Crippen molar-refractivity contribution >= 4 is 17.6 Å². The van der Waals surface area contributed by atoms with Crippen LogP contribution in [0.2, 0.25) is 0 Å². The van der Waals surface area contributed by atoms with E-state index in [1.807, 2.05) is 18.2 Å². The average molecular weight is 339 g/mol. The lowest BCUT2D eigenvalue weighted by Crippen LogP contribution is -2.41. The summed E-state index contributed by atoms with van der Waals surface area (Å²) in [6.07, 6.45) is 2.48. The third-order valence-corrected chi connectivity index (χ3v) is 4.34. The molecule has 2 aromatic rings. The Morgan fingerprint density at radius 3 is 2.96 bits per heavy atom. The Bertz CT molecular complexity index is 809. The SMILES string of the molecule is O=C(Nc1ccccn1)C1CCC(=O)N1Cc1ccc2c(c1)OCO2. The highest BCUT2D eigenvalue weighted by atomic mass is 16.7. The molecule has 1 atom stereocenters. The predicted molar refractivity (Wildman–Crippen MR) is 89.0 cm³/mol. The summed E-state index contributed by atoms with van der Waals surface area (Å²) in [7, 11) is 0. The molecule has 1 saturated heterocycles. The van der Waals surface area contributed by atoms with Gasteiger partial charge < -0.3 is 19.7 Å². The predicted octanol–water partition coefficient (Wildman–Crippen LogP) is 1.94. The van der Waals surface area contributed by atoms with Crippen molar-refractivity contribution in [2.24, 2.45) is 0 Å². The molecule has 0 spiro atoms. The van der Waals surface area contributed by atoms with E-state index in [1.54, 1.807) is 29.3 Å². The van der Waals surface area contributed by atoms with Crippen molar-refractivity contribution in [2.75, 3.05) is 12.1 Å². The Morgan fingerprint density at radius 1 is 1.24 bits per heavy atom. The van der Waals surface area contributed by atoms with E-state index in [1.165, 1.54) is 0 Å². The number of fused-ring (bicyclic) bond motifs is 1. The largest absolute Gasteiger partial charge is 0.454 e. The molecule has 25 heavy (non-hydrogen) atoms. The molecule has 0 radical (unpaired) electrons. The average Bonchev–Trinajstić information content (AvgIpc) is 3.23. The van der Waals surface area contributed by atoms with Gasteiger partial charge in [0, 0.05) is 19.2 Å². The second-order valence-electron chi connectivity index (χ2n) is 5.97. The van der Waals surface area contributed by atoms with Crippen LogP contribution in [0.25, 0.3) is 0 Å². The topological polar surface area (TPSA) is 80.8 Å². The first-order valence-electron chi connectivity index (χ1n) is 8.10. The first kappa shape index (κ1) is 15.4. The van der Waals surface area contributed by atoms with E-state index in [-0.39, 0.29) is 18.6 Å². The van der Waals surface area contributed by atoms with E-state index in [9.17, 15) is 9.59 Å². The van der Waals surface area contributed by atoms with Gasteiger partial charge >= 0.3 is 0 Å². The lowest BCUT2D eigenvalue weighted by atomic mass is 10.1. The molecule has 1 fully saturated rings. The maximum atomic E-state index is 12.6. The number of anilines is 1. The third kappa shape index (κ3) is 3.13. The van der Waals surface area contributed by atoms with Gasteiger partial charge in [0.25, 0.3) is 0 Å². The molecule has 0 bridgehead atoms. The van der Waals surface area contributed by atoms with E-state index in [0.29, 0.717) is 36.7 Å². The molecule has 1 N–H and O–H groups in total. The fraction of sp³-hybridized carbons (Fsp3) is 0.278. The van der Waals surface area contributed by atoms with Crippen molar-refractivity contribution in [3.63, 3.8) is 0 Å². The Labute approximate surface area is 144 Å². The van der Waals surface area contributed by atoms with Crippen LogP contribution >= 0.6 is 0 Å². The molecule has 7 heteroatoms. The number of carbonyl (C=O) groups is 2. The monoisotopic (exact) mass is 339 g/mol. The third-order valence-electron chi connectivity index (χ3n) is 4.34. The van der Waals surface area contributed by atoms with Crippen LogP contribution in [0, 0.1) is 0 Å². The number of amides is 2. The van der Waals surface area contributed by atoms with Crippen LogP contribution in [-0.4, -0.2) is 34.5 Å². The van der Waals surface area contributed by atoms with Gasteiger partial charge in [-0.2, -0.15) is 0 Å². The highest BCUT2D eigenvalue weighted by molar-refractivity contribution is 5.98. The summed E-state index contributed by atoms with van der Waals surface area (Å²) in [6, 6.07) is 10.3. The van der Waals surface area contributed by atoms with E-state index in [2.05, 4.69) is 10.3 Å². The zero-order valence-electron chi connectivity index (χ0n) is 13.5. The summed E-state index contributed by atoms with van der Waals surface area (Å²) in [4.78, 5) is 30.5. The first-order chi connectivity index (χ1) is 12.2. The van der Waals surface area contributed by atoms with E-state index < -0.39 is 6.04 Å². The number of nitrogens with zero attached hydrogens (tertiary/aromatic N) is 2. The number of hydrogen-bond acceptors (Lipinski definition) is 5. The van der Waals surface area contributed by atoms with Gasteiger partial charge in [-0.3, -0.25) is 9.59 Å². The summed E-state index contributed by atoms with van der Waals surface area (Å²) in [6.45, 7) is 0.562. The number of benzene rings is 1. The van der Waals surface area contributed by atoms with Crippen LogP contribution in [-0.2, 0) is 16.1 Å². The summed E-state index contributed by atoms with van der Waals surface area (Å²) in [5.41, 5.74) is 0.898. The Kier molecular flexibility index (Phi) is 3.97. The van der Waals surface area contributed by atoms with Crippen LogP contribution in [0.15, 0.2) is 42.6 Å². The number of rotatable bonds is 4. The number of ether oxygens (including phenoxy) is 2. The number of pyridine rings is 1. The van der Waals surface area contributed by atoms with Crippen molar-refractivity contribution in [2.45, 2.75) is 25.4 Å². The van der Waals surface area contributed by atoms with Gasteiger partial charge in [-0.1, -0.05) is 12.1 Å². The summed E-state index contributed by atoms with van der Waals surface area (Å²) in [5, 5.41) is 2.77. The molecule has 1 aromatic heterocycles. The van der Waals surface area contributed by atoms with Crippen molar-refractivity contribution in [3.05, 3.63) is 48.2 Å². The summed E-state index contributed by atoms with van der Waals surface area (Å²) >= 11 is 0. The standard InChI is InChI=1S/C18H17N3O4/c22-17-7-5-13(18(23)20-16-3-1-2-8-19-16)21(17)10-12-4-6-14-15(9-12)25-11-24-14/h1-4,6,8-9,13H,5,7,10-11H2,(H,19,20,23). The zero-order chi connectivity index (χ0) is 17.2. The minimum Gasteiger partial charge on any atom is -0.454 e. The molecule has 1 aromatic carbocycles. The van der Waals surface area contributed by atoms with Gasteiger partial charge in [-0.15, -0.1) is 0 Å². The molecule has 1 unspecified atom stereocenters. The molecule has 2 aliphatic heterocycles. The maximum absolute atomic E-state index is 12.6. The van der Waals surface area contributed by atoms with Crippen LogP contribution in [0.1, 0.15) is 18.4 Å². The number of nitrogens with one attached hydrogen (secondary N) is 1. The molecule has 0 aliphatic carbocycles. The van der Waals surface area contributed by atoms with Gasteiger partial charge in [0.2, 0.25) is 18.6 Å². The van der Waals surface area contributed by atoms with Gasteiger partial charge in [0.15, 0.2) is 11.5 Å². The van der Waals surface area contributed by atoms with Gasteiger partial charge in [-0.25, -0.2) is 4.98 Å². The fourth-order valence-corrected chi connectivity index (χ4v) is 3.09. The molecule has 7 nitrogen and oxygen atoms in total. The molecule has 3 heterocycles. The molecular formula is C18H17N3O4. The number of likely N-dealkylation sites (tertiary alicyclic amines) is 1. The summed E-state index contributed by atoms with van der Waals surface area (Å²) in [5.74, 6) is 1.60. The lowest BCUT2D eigenvalue weighted by Gasteiger charge is -2.24. The van der Waals surface area contributed by atoms with Crippen LogP contribution in [0.5, 0.6) is 11.5 Å². The maximum Gasteiger partial charge on any atom is 0.248 e. The highest BCUT2D eigenvalue weighted by Crippen LogP contribution is 2.33. The number of aromatic nitrogens is 1. The minimum atomic E-state index is -0.500. The van der Waals surface area contributed by atoms with Gasteiger partial charge in [-0.05, 0) is 36.2 Å². The molecule has 128 valence electrons. The molecule has 2 amide bonds. The van der Waals surface area contributed by atoms with Crippen LogP contribution < -0.4 is 14.8 Å². The highest BCUT2D eigenvalue weighted by Gasteiger charge is 2.36. The molecular weight excluding hydrogens is 322 g/mol. The van der Waals surface area contributed by atoms with Crippen molar-refractivity contribution in [1.29, 1.82) is 0 Å². The second-order valence-corrected chi connectivity index (χ2v) is 5.97. The van der Waals surface area contributed by atoms with Crippen molar-refractivity contribution in [1.82, 2.24) is 9.88 Å². The molecule has 2 aliphatic rings. The molecule has 4 rings (SSSR count). The van der Waals surface area contributed by atoms with Crippen molar-refractivity contribution in [3.8, 4) is 11.5 Å². The van der Waals surface area contributed by atoms with Crippen molar-refractivity contribution < 1.29 is 19.1 Å². The first-order valence-corrected chi connectivity index (χ1v) is 8.10. The summed E-state index contributed by atoms with van der Waals surface area (Å²) < 4.78 is 10.7. The number of hydrogen-bond donors (Lipinski definition) is 1. The smallest absolute Gasteiger partial charge is 0.248 e. The van der Waals surface area contributed by atoms with Gasteiger partial charge in [0.1, 0.15) is 11.9 Å². The van der Waals surface area contributed by atoms with Gasteiger partial charge in [0.05, 0.1) is 0 Å². The second kappa shape index (κ2) is 6.43. The van der Waals surface area contributed by atoms with Crippen LogP contribution in [0.4, 0.5) is 5.82 Å². The lowest BCUT2D eigenvalue weighted by molar-refractivity contribution is -0.133. The van der Waals surface area contributed by atoms with E-state index >= 15 is 0 Å². The Balaban J connectivity index is 1.49. The van der Waals surface area contributed by atoms with E-state index in [4.69, 9.17) is 9.47 Å². The minimum absolute atomic E-state index is 0.0289. The zero-order valence-corrected chi connectivity index (χ0v) is 13.5. The number of carbonyl (C=O) groups excluding carboxylic acids is 2. The van der Waals surface area contributed by atoms with Crippen LogP contribution in [0.3, 0.4) is 0 Å².